The largest absolute Gasteiger partial charge is 0.289 e. The molecule has 2 aromatic carbocycles. The summed E-state index contributed by atoms with van der Waals surface area (Å²) in [5, 5.41) is 11.3. The number of carbonyl (C=O) groups is 1. The first-order valence-corrected chi connectivity index (χ1v) is 7.30. The van der Waals surface area contributed by atoms with Crippen molar-refractivity contribution in [3.05, 3.63) is 76.9 Å². The molecule has 3 aromatic rings. The fraction of sp³-hybridized carbons (Fsp3) is 0. The second-order valence-electron chi connectivity index (χ2n) is 4.76. The van der Waals surface area contributed by atoms with Gasteiger partial charge in [0.05, 0.1) is 16.9 Å². The maximum absolute atomic E-state index is 12.0. The minimum absolute atomic E-state index is 0.310. The van der Waals surface area contributed by atoms with Crippen LogP contribution in [-0.4, -0.2) is 22.3 Å². The Hall–Kier alpha value is -2.92. The van der Waals surface area contributed by atoms with E-state index in [0.29, 0.717) is 16.4 Å². The molecule has 0 spiro atoms. The number of benzene rings is 2. The molecule has 0 fully saturated rings. The monoisotopic (exact) mass is 324 g/mol. The molecule has 23 heavy (non-hydrogen) atoms. The van der Waals surface area contributed by atoms with Crippen LogP contribution in [0.15, 0.2) is 65.8 Å². The van der Waals surface area contributed by atoms with Crippen molar-refractivity contribution in [3.63, 3.8) is 0 Å². The summed E-state index contributed by atoms with van der Waals surface area (Å²) in [4.78, 5) is 12.0. The summed E-state index contributed by atoms with van der Waals surface area (Å²) >= 11 is 6.12. The number of hydrazone groups is 1. The molecule has 6 heteroatoms. The lowest BCUT2D eigenvalue weighted by Crippen LogP contribution is -2.17. The zero-order valence-corrected chi connectivity index (χ0v) is 12.8. The predicted octanol–water partition coefficient (Wildman–Crippen LogP) is 3.49. The Bertz CT molecular complexity index is 843. The third-order valence-corrected chi connectivity index (χ3v) is 3.48. The average Bonchev–Trinajstić information content (AvgIpc) is 3.06. The zero-order valence-electron chi connectivity index (χ0n) is 12.0. The van der Waals surface area contributed by atoms with E-state index in [1.165, 1.54) is 0 Å². The molecule has 0 saturated carbocycles. The van der Waals surface area contributed by atoms with Crippen LogP contribution in [0.1, 0.15) is 16.1 Å². The van der Waals surface area contributed by atoms with Crippen molar-refractivity contribution in [2.45, 2.75) is 0 Å². The molecule has 114 valence electrons. The Kier molecular flexibility index (Phi) is 4.49. The number of nitrogens with zero attached hydrogens (tertiary/aromatic N) is 2. The summed E-state index contributed by atoms with van der Waals surface area (Å²) in [7, 11) is 0. The Morgan fingerprint density at radius 1 is 1.13 bits per heavy atom. The SMILES string of the molecule is O=C(NN=Cc1ccccc1)c1cc(-c2ccccc2Cl)n[nH]1. The van der Waals surface area contributed by atoms with Gasteiger partial charge in [-0.25, -0.2) is 5.43 Å². The highest BCUT2D eigenvalue weighted by Gasteiger charge is 2.11. The van der Waals surface area contributed by atoms with Crippen LogP contribution in [0.4, 0.5) is 0 Å². The summed E-state index contributed by atoms with van der Waals surface area (Å²) in [6.45, 7) is 0. The fourth-order valence-corrected chi connectivity index (χ4v) is 2.24. The maximum atomic E-state index is 12.0. The van der Waals surface area contributed by atoms with Crippen LogP contribution in [0.3, 0.4) is 0 Å². The van der Waals surface area contributed by atoms with E-state index in [9.17, 15) is 4.79 Å². The quantitative estimate of drug-likeness (QED) is 0.569. The lowest BCUT2D eigenvalue weighted by atomic mass is 10.1. The van der Waals surface area contributed by atoms with Crippen molar-refractivity contribution in [2.24, 2.45) is 5.10 Å². The summed E-state index contributed by atoms with van der Waals surface area (Å²) in [6, 6.07) is 18.4. The summed E-state index contributed by atoms with van der Waals surface area (Å²) in [6.07, 6.45) is 1.57. The van der Waals surface area contributed by atoms with E-state index in [1.54, 1.807) is 18.3 Å². The Labute approximate surface area is 138 Å². The minimum Gasteiger partial charge on any atom is -0.272 e. The van der Waals surface area contributed by atoms with Crippen LogP contribution in [0.2, 0.25) is 5.02 Å². The number of hydrogen-bond donors (Lipinski definition) is 2. The minimum atomic E-state index is -0.372. The van der Waals surface area contributed by atoms with Gasteiger partial charge in [-0.2, -0.15) is 10.2 Å². The molecular weight excluding hydrogens is 312 g/mol. The molecule has 0 radical (unpaired) electrons. The van der Waals surface area contributed by atoms with Gasteiger partial charge in [0.2, 0.25) is 0 Å². The number of aromatic nitrogens is 2. The van der Waals surface area contributed by atoms with Crippen LogP contribution in [0.25, 0.3) is 11.3 Å². The van der Waals surface area contributed by atoms with E-state index in [2.05, 4.69) is 20.7 Å². The maximum Gasteiger partial charge on any atom is 0.289 e. The van der Waals surface area contributed by atoms with E-state index < -0.39 is 0 Å². The number of nitrogens with one attached hydrogen (secondary N) is 2. The normalized spacial score (nSPS) is 10.8. The summed E-state index contributed by atoms with van der Waals surface area (Å²) < 4.78 is 0. The molecule has 2 N–H and O–H groups in total. The molecule has 0 aliphatic heterocycles. The molecule has 0 bridgehead atoms. The topological polar surface area (TPSA) is 70.1 Å². The van der Waals surface area contributed by atoms with Crippen LogP contribution in [0, 0.1) is 0 Å². The van der Waals surface area contributed by atoms with Crippen molar-refractivity contribution >= 4 is 23.7 Å². The lowest BCUT2D eigenvalue weighted by Gasteiger charge is -1.98. The molecule has 0 aliphatic carbocycles. The van der Waals surface area contributed by atoms with Crippen molar-refractivity contribution in [1.29, 1.82) is 0 Å². The smallest absolute Gasteiger partial charge is 0.272 e. The number of hydrogen-bond acceptors (Lipinski definition) is 3. The van der Waals surface area contributed by atoms with Gasteiger partial charge in [-0.1, -0.05) is 60.1 Å². The van der Waals surface area contributed by atoms with E-state index in [1.807, 2.05) is 48.5 Å². The Balaban J connectivity index is 1.70. The first-order valence-electron chi connectivity index (χ1n) is 6.93. The van der Waals surface area contributed by atoms with Gasteiger partial charge in [-0.15, -0.1) is 0 Å². The molecule has 5 nitrogen and oxygen atoms in total. The van der Waals surface area contributed by atoms with Gasteiger partial charge in [0.25, 0.3) is 5.91 Å². The molecule has 0 atom stereocenters. The third kappa shape index (κ3) is 3.64. The first-order chi connectivity index (χ1) is 11.2. The number of carbonyl (C=O) groups excluding carboxylic acids is 1. The Morgan fingerprint density at radius 2 is 1.87 bits per heavy atom. The number of halogens is 1. The van der Waals surface area contributed by atoms with E-state index in [0.717, 1.165) is 11.1 Å². The molecular formula is C17H13ClN4O. The average molecular weight is 325 g/mol. The third-order valence-electron chi connectivity index (χ3n) is 3.15. The molecule has 1 heterocycles. The molecule has 0 aliphatic rings. The summed E-state index contributed by atoms with van der Waals surface area (Å²) in [5.41, 5.74) is 5.03. The van der Waals surface area contributed by atoms with Crippen molar-refractivity contribution in [3.8, 4) is 11.3 Å². The summed E-state index contributed by atoms with van der Waals surface area (Å²) in [5.74, 6) is -0.372. The van der Waals surface area contributed by atoms with Crippen LogP contribution >= 0.6 is 11.6 Å². The fourth-order valence-electron chi connectivity index (χ4n) is 2.01. The zero-order chi connectivity index (χ0) is 16.1. The second-order valence-corrected chi connectivity index (χ2v) is 5.16. The standard InChI is InChI=1S/C17H13ClN4O/c18-14-9-5-4-8-13(14)15-10-16(21-20-15)17(23)22-19-11-12-6-2-1-3-7-12/h1-11H,(H,20,21)(H,22,23). The number of amides is 1. The first kappa shape index (κ1) is 15.0. The van der Waals surface area contributed by atoms with E-state index in [4.69, 9.17) is 11.6 Å². The van der Waals surface area contributed by atoms with Gasteiger partial charge < -0.3 is 0 Å². The van der Waals surface area contributed by atoms with E-state index >= 15 is 0 Å². The van der Waals surface area contributed by atoms with Gasteiger partial charge in [0.15, 0.2) is 0 Å². The highest BCUT2D eigenvalue weighted by atomic mass is 35.5. The highest BCUT2D eigenvalue weighted by Crippen LogP contribution is 2.26. The molecule has 1 amide bonds. The Morgan fingerprint density at radius 3 is 2.65 bits per heavy atom. The van der Waals surface area contributed by atoms with Crippen molar-refractivity contribution in [1.82, 2.24) is 15.6 Å². The van der Waals surface area contributed by atoms with E-state index in [-0.39, 0.29) is 5.91 Å². The van der Waals surface area contributed by atoms with Gasteiger partial charge >= 0.3 is 0 Å². The second kappa shape index (κ2) is 6.89. The van der Waals surface area contributed by atoms with Gasteiger partial charge in [-0.05, 0) is 17.7 Å². The van der Waals surface area contributed by atoms with Crippen molar-refractivity contribution in [2.75, 3.05) is 0 Å². The molecule has 3 rings (SSSR count). The number of rotatable bonds is 4. The van der Waals surface area contributed by atoms with Gasteiger partial charge in [0.1, 0.15) is 5.69 Å². The highest BCUT2D eigenvalue weighted by molar-refractivity contribution is 6.33. The van der Waals surface area contributed by atoms with Crippen LogP contribution in [0.5, 0.6) is 0 Å². The number of aromatic amines is 1. The molecule has 0 saturated heterocycles. The lowest BCUT2D eigenvalue weighted by molar-refractivity contribution is 0.0950. The molecule has 0 unspecified atom stereocenters. The predicted molar refractivity (Wildman–Crippen MR) is 90.5 cm³/mol. The van der Waals surface area contributed by atoms with Gasteiger partial charge in [0, 0.05) is 5.56 Å². The van der Waals surface area contributed by atoms with Gasteiger partial charge in [-0.3, -0.25) is 9.89 Å². The van der Waals surface area contributed by atoms with Crippen molar-refractivity contribution < 1.29 is 4.79 Å². The van der Waals surface area contributed by atoms with Crippen LogP contribution in [-0.2, 0) is 0 Å². The molecule has 1 aromatic heterocycles. The number of H-pyrrole nitrogens is 1. The van der Waals surface area contributed by atoms with Crippen LogP contribution < -0.4 is 5.43 Å².